The molecule has 154 valence electrons. The first-order chi connectivity index (χ1) is 14.3. The number of rotatable bonds is 4. The lowest BCUT2D eigenvalue weighted by Gasteiger charge is -2.09. The van der Waals surface area contributed by atoms with E-state index in [1.807, 2.05) is 0 Å². The van der Waals surface area contributed by atoms with Crippen LogP contribution in [-0.2, 0) is 6.18 Å². The number of anilines is 1. The molecule has 1 aromatic carbocycles. The van der Waals surface area contributed by atoms with E-state index in [0.29, 0.717) is 0 Å². The highest BCUT2D eigenvalue weighted by Crippen LogP contribution is 2.40. The van der Waals surface area contributed by atoms with Gasteiger partial charge in [0.25, 0.3) is 5.91 Å². The number of nitrogens with one attached hydrogen (secondary N) is 2. The molecule has 0 unspecified atom stereocenters. The maximum Gasteiger partial charge on any atom is 0.436 e. The number of benzene rings is 1. The summed E-state index contributed by atoms with van der Waals surface area (Å²) in [5.74, 6) is -0.671. The number of aromatic amines is 1. The topological polar surface area (TPSA) is 75.1 Å². The van der Waals surface area contributed by atoms with E-state index in [4.69, 9.17) is 23.2 Å². The fourth-order valence-corrected chi connectivity index (χ4v) is 4.22. The number of nitrogens with zero attached hydrogens (tertiary/aromatic N) is 3. The van der Waals surface area contributed by atoms with Gasteiger partial charge in [-0.2, -0.15) is 13.2 Å². The van der Waals surface area contributed by atoms with Crippen molar-refractivity contribution in [2.24, 2.45) is 0 Å². The van der Waals surface area contributed by atoms with E-state index in [1.54, 1.807) is 6.07 Å². The largest absolute Gasteiger partial charge is 0.436 e. The summed E-state index contributed by atoms with van der Waals surface area (Å²) in [4.78, 5) is 23.1. The predicted molar refractivity (Wildman–Crippen MR) is 107 cm³/mol. The summed E-state index contributed by atoms with van der Waals surface area (Å²) in [5, 5.41) is 2.83. The fourth-order valence-electron chi connectivity index (χ4n) is 2.72. The Labute approximate surface area is 181 Å². The second-order valence-electron chi connectivity index (χ2n) is 5.93. The summed E-state index contributed by atoms with van der Waals surface area (Å²) in [6.07, 6.45) is -0.370. The molecule has 0 aliphatic rings. The monoisotopic (exact) mass is 471 g/mol. The first-order valence-electron chi connectivity index (χ1n) is 8.26. The number of imidazole rings is 2. The van der Waals surface area contributed by atoms with Crippen molar-refractivity contribution in [3.05, 3.63) is 70.2 Å². The first kappa shape index (κ1) is 20.6. The minimum atomic E-state index is -4.71. The average Bonchev–Trinajstić information content (AvgIpc) is 3.30. The molecule has 0 spiro atoms. The van der Waals surface area contributed by atoms with Gasteiger partial charge in [-0.25, -0.2) is 9.97 Å². The van der Waals surface area contributed by atoms with E-state index in [0.717, 1.165) is 11.8 Å². The summed E-state index contributed by atoms with van der Waals surface area (Å²) >= 11 is 12.9. The van der Waals surface area contributed by atoms with Crippen molar-refractivity contribution in [3.63, 3.8) is 0 Å². The third-order valence-electron chi connectivity index (χ3n) is 3.98. The number of aromatic nitrogens is 4. The molecule has 12 heteroatoms. The second kappa shape index (κ2) is 7.86. The summed E-state index contributed by atoms with van der Waals surface area (Å²) in [6.45, 7) is 0. The molecule has 2 N–H and O–H groups in total. The molecule has 4 aromatic rings. The van der Waals surface area contributed by atoms with Crippen LogP contribution in [0.2, 0.25) is 10.0 Å². The van der Waals surface area contributed by atoms with Crippen LogP contribution in [-0.4, -0.2) is 25.3 Å². The second-order valence-corrected chi connectivity index (χ2v) is 7.72. The van der Waals surface area contributed by atoms with Crippen molar-refractivity contribution in [1.82, 2.24) is 19.4 Å². The molecule has 3 aromatic heterocycles. The Hall–Kier alpha value is -2.69. The van der Waals surface area contributed by atoms with E-state index in [1.165, 1.54) is 47.3 Å². The maximum absolute atomic E-state index is 13.6. The Kier molecular flexibility index (Phi) is 5.39. The predicted octanol–water partition coefficient (Wildman–Crippen LogP) is 5.79. The molecule has 0 saturated carbocycles. The van der Waals surface area contributed by atoms with Crippen LogP contribution >= 0.6 is 35.0 Å². The number of pyridine rings is 1. The average molecular weight is 472 g/mol. The minimum absolute atomic E-state index is 0.00983. The summed E-state index contributed by atoms with van der Waals surface area (Å²) < 4.78 is 42.2. The Morgan fingerprint density at radius 3 is 2.53 bits per heavy atom. The molecule has 0 radical (unpaired) electrons. The lowest BCUT2D eigenvalue weighted by Crippen LogP contribution is -2.14. The van der Waals surface area contributed by atoms with Gasteiger partial charge >= 0.3 is 6.18 Å². The van der Waals surface area contributed by atoms with Gasteiger partial charge in [-0.05, 0) is 36.0 Å². The van der Waals surface area contributed by atoms with Crippen molar-refractivity contribution in [2.45, 2.75) is 16.4 Å². The molecule has 30 heavy (non-hydrogen) atoms. The molecular weight excluding hydrogens is 462 g/mol. The van der Waals surface area contributed by atoms with Gasteiger partial charge in [-0.15, -0.1) is 0 Å². The zero-order chi connectivity index (χ0) is 21.5. The number of carbonyl (C=O) groups excluding carboxylic acids is 1. The van der Waals surface area contributed by atoms with Crippen LogP contribution < -0.4 is 5.32 Å². The molecular formula is C18H10Cl2F3N5OS. The van der Waals surface area contributed by atoms with Crippen LogP contribution in [0.25, 0.3) is 5.65 Å². The van der Waals surface area contributed by atoms with Crippen molar-refractivity contribution in [2.75, 3.05) is 5.32 Å². The van der Waals surface area contributed by atoms with Gasteiger partial charge in [0, 0.05) is 18.6 Å². The Bertz CT molecular complexity index is 1220. The van der Waals surface area contributed by atoms with E-state index in [2.05, 4.69) is 20.3 Å². The lowest BCUT2D eigenvalue weighted by molar-refractivity contribution is -0.143. The maximum atomic E-state index is 13.6. The number of alkyl halides is 3. The quantitative estimate of drug-likeness (QED) is 0.395. The standard InChI is InChI=1S/C18H10Cl2F3N5OS/c19-9-3-1-4-10(20)12(9)15(29)26-11-5-2-8-28-14(11)27-13(18(21,22)23)16(28)30-17-24-6-7-25-17/h1-8H,(H,24,25)(H,26,29). The molecule has 0 bridgehead atoms. The van der Waals surface area contributed by atoms with Crippen molar-refractivity contribution in [1.29, 1.82) is 0 Å². The van der Waals surface area contributed by atoms with Crippen molar-refractivity contribution in [3.8, 4) is 0 Å². The Balaban J connectivity index is 1.80. The number of hydrogen-bond acceptors (Lipinski definition) is 4. The van der Waals surface area contributed by atoms with Crippen LogP contribution in [0.15, 0.2) is 59.1 Å². The number of H-pyrrole nitrogens is 1. The molecule has 0 aliphatic carbocycles. The zero-order valence-corrected chi connectivity index (χ0v) is 17.0. The van der Waals surface area contributed by atoms with Crippen molar-refractivity contribution >= 4 is 52.2 Å². The third-order valence-corrected chi connectivity index (χ3v) is 5.61. The molecule has 4 rings (SSSR count). The lowest BCUT2D eigenvalue weighted by atomic mass is 10.2. The van der Waals surface area contributed by atoms with E-state index in [-0.39, 0.29) is 37.1 Å². The third kappa shape index (κ3) is 3.85. The summed E-state index contributed by atoms with van der Waals surface area (Å²) in [7, 11) is 0. The van der Waals surface area contributed by atoms with Gasteiger partial charge < -0.3 is 10.3 Å². The highest BCUT2D eigenvalue weighted by atomic mass is 35.5. The molecule has 0 atom stereocenters. The smallest absolute Gasteiger partial charge is 0.339 e. The van der Waals surface area contributed by atoms with E-state index < -0.39 is 17.8 Å². The molecule has 6 nitrogen and oxygen atoms in total. The first-order valence-corrected chi connectivity index (χ1v) is 9.84. The van der Waals surface area contributed by atoms with Gasteiger partial charge in [0.15, 0.2) is 16.5 Å². The van der Waals surface area contributed by atoms with Crippen LogP contribution in [0, 0.1) is 0 Å². The number of amides is 1. The summed E-state index contributed by atoms with van der Waals surface area (Å²) in [5.41, 5.74) is -1.11. The van der Waals surface area contributed by atoms with Crippen LogP contribution in [0.3, 0.4) is 0 Å². The number of hydrogen-bond donors (Lipinski definition) is 2. The molecule has 3 heterocycles. The van der Waals surface area contributed by atoms with E-state index in [9.17, 15) is 18.0 Å². The van der Waals surface area contributed by atoms with Gasteiger partial charge in [-0.3, -0.25) is 9.20 Å². The number of halogens is 5. The van der Waals surface area contributed by atoms with E-state index >= 15 is 0 Å². The highest BCUT2D eigenvalue weighted by Gasteiger charge is 2.39. The fraction of sp³-hybridized carbons (Fsp3) is 0.0556. The Morgan fingerprint density at radius 2 is 1.90 bits per heavy atom. The SMILES string of the molecule is O=C(Nc1cccn2c(Sc3ncc[nH]3)c(C(F)(F)F)nc12)c1c(Cl)cccc1Cl. The molecule has 1 amide bonds. The minimum Gasteiger partial charge on any atom is -0.339 e. The molecule has 0 saturated heterocycles. The number of carbonyl (C=O) groups is 1. The molecule has 0 aliphatic heterocycles. The molecule has 0 fully saturated rings. The van der Waals surface area contributed by atoms with Gasteiger partial charge in [0.2, 0.25) is 0 Å². The summed E-state index contributed by atoms with van der Waals surface area (Å²) in [6, 6.07) is 7.47. The highest BCUT2D eigenvalue weighted by molar-refractivity contribution is 7.99. The van der Waals surface area contributed by atoms with Crippen LogP contribution in [0.4, 0.5) is 18.9 Å². The Morgan fingerprint density at radius 1 is 1.17 bits per heavy atom. The number of fused-ring (bicyclic) bond motifs is 1. The van der Waals surface area contributed by atoms with Crippen molar-refractivity contribution < 1.29 is 18.0 Å². The van der Waals surface area contributed by atoms with Gasteiger partial charge in [-0.1, -0.05) is 29.3 Å². The normalized spacial score (nSPS) is 11.8. The van der Waals surface area contributed by atoms with Crippen LogP contribution in [0.5, 0.6) is 0 Å². The van der Waals surface area contributed by atoms with Gasteiger partial charge in [0.05, 0.1) is 21.3 Å². The van der Waals surface area contributed by atoms with Crippen LogP contribution in [0.1, 0.15) is 16.1 Å². The van der Waals surface area contributed by atoms with Gasteiger partial charge in [0.1, 0.15) is 5.03 Å². The zero-order valence-electron chi connectivity index (χ0n) is 14.7.